The number of nitrogens with one attached hydrogen (secondary N) is 1. The molecule has 0 unspecified atom stereocenters. The van der Waals surface area contributed by atoms with E-state index in [1.54, 1.807) is 24.1 Å². The highest BCUT2D eigenvalue weighted by Crippen LogP contribution is 2.24. The molecule has 3 rings (SSSR count). The van der Waals surface area contributed by atoms with Gasteiger partial charge in [-0.25, -0.2) is 4.39 Å². The second-order valence-corrected chi connectivity index (χ2v) is 5.37. The Labute approximate surface area is 144 Å². The van der Waals surface area contributed by atoms with Crippen LogP contribution in [0.2, 0.25) is 0 Å². The van der Waals surface area contributed by atoms with E-state index in [1.165, 1.54) is 18.2 Å². The van der Waals surface area contributed by atoms with Crippen molar-refractivity contribution < 1.29 is 18.3 Å². The first-order valence-corrected chi connectivity index (χ1v) is 7.84. The summed E-state index contributed by atoms with van der Waals surface area (Å²) in [5.74, 6) is -0.0414. The highest BCUT2D eigenvalue weighted by atomic mass is 19.1. The maximum Gasteiger partial charge on any atom is 0.298 e. The molecule has 0 atom stereocenters. The summed E-state index contributed by atoms with van der Waals surface area (Å²) in [6.07, 6.45) is 0. The standard InChI is InChI=1S/C18H18FN3O3/c1-3-22(18-21-14-10-12(19)8-9-16(14)25-18)11-17(23)20-13-6-4-5-7-15(13)24-2/h4-10H,3,11H2,1-2H3,(H,20,23). The number of rotatable bonds is 6. The molecule has 7 heteroatoms. The molecule has 0 spiro atoms. The number of nitrogens with zero attached hydrogens (tertiary/aromatic N) is 2. The molecule has 1 heterocycles. The van der Waals surface area contributed by atoms with Crippen molar-refractivity contribution in [2.24, 2.45) is 0 Å². The van der Waals surface area contributed by atoms with Gasteiger partial charge in [-0.05, 0) is 31.2 Å². The summed E-state index contributed by atoms with van der Waals surface area (Å²) >= 11 is 0. The smallest absolute Gasteiger partial charge is 0.298 e. The van der Waals surface area contributed by atoms with Crippen LogP contribution in [0.3, 0.4) is 0 Å². The van der Waals surface area contributed by atoms with Gasteiger partial charge in [0.15, 0.2) is 5.58 Å². The molecule has 0 fully saturated rings. The Morgan fingerprint density at radius 2 is 2.12 bits per heavy atom. The van der Waals surface area contributed by atoms with Crippen molar-refractivity contribution in [3.63, 3.8) is 0 Å². The lowest BCUT2D eigenvalue weighted by Crippen LogP contribution is -2.33. The van der Waals surface area contributed by atoms with Crippen molar-refractivity contribution in [3.05, 3.63) is 48.3 Å². The summed E-state index contributed by atoms with van der Waals surface area (Å²) in [5, 5.41) is 2.80. The van der Waals surface area contributed by atoms with Gasteiger partial charge in [-0.3, -0.25) is 4.79 Å². The van der Waals surface area contributed by atoms with E-state index in [2.05, 4.69) is 10.3 Å². The van der Waals surface area contributed by atoms with E-state index < -0.39 is 0 Å². The number of fused-ring (bicyclic) bond motifs is 1. The third kappa shape index (κ3) is 3.71. The number of anilines is 2. The Kier molecular flexibility index (Phi) is 4.83. The molecule has 6 nitrogen and oxygen atoms in total. The second kappa shape index (κ2) is 7.21. The monoisotopic (exact) mass is 343 g/mol. The number of ether oxygens (including phenoxy) is 1. The van der Waals surface area contributed by atoms with Gasteiger partial charge in [0.1, 0.15) is 23.6 Å². The number of oxazole rings is 1. The van der Waals surface area contributed by atoms with Crippen LogP contribution in [0.1, 0.15) is 6.92 Å². The van der Waals surface area contributed by atoms with Crippen molar-refractivity contribution >= 4 is 28.7 Å². The summed E-state index contributed by atoms with van der Waals surface area (Å²) in [6, 6.07) is 11.6. The summed E-state index contributed by atoms with van der Waals surface area (Å²) < 4.78 is 24.1. The highest BCUT2D eigenvalue weighted by Gasteiger charge is 2.17. The van der Waals surface area contributed by atoms with Gasteiger partial charge in [-0.1, -0.05) is 12.1 Å². The molecule has 25 heavy (non-hydrogen) atoms. The molecule has 0 aliphatic heterocycles. The van der Waals surface area contributed by atoms with Crippen molar-refractivity contribution in [2.75, 3.05) is 30.4 Å². The minimum Gasteiger partial charge on any atom is -0.495 e. The van der Waals surface area contributed by atoms with E-state index >= 15 is 0 Å². The number of carbonyl (C=O) groups is 1. The molecule has 0 aliphatic rings. The first-order valence-electron chi connectivity index (χ1n) is 7.84. The van der Waals surface area contributed by atoms with E-state index in [0.717, 1.165) is 0 Å². The van der Waals surface area contributed by atoms with Gasteiger partial charge in [0.05, 0.1) is 12.8 Å². The van der Waals surface area contributed by atoms with Crippen LogP contribution in [0, 0.1) is 5.82 Å². The minimum absolute atomic E-state index is 0.0455. The molecular weight excluding hydrogens is 325 g/mol. The quantitative estimate of drug-likeness (QED) is 0.742. The number of methoxy groups -OCH3 is 1. The molecule has 0 saturated carbocycles. The lowest BCUT2D eigenvalue weighted by molar-refractivity contribution is -0.115. The Balaban J connectivity index is 1.75. The molecule has 0 aliphatic carbocycles. The lowest BCUT2D eigenvalue weighted by Gasteiger charge is -2.18. The number of benzene rings is 2. The minimum atomic E-state index is -0.385. The number of para-hydroxylation sites is 2. The van der Waals surface area contributed by atoms with E-state index in [-0.39, 0.29) is 24.3 Å². The van der Waals surface area contributed by atoms with Gasteiger partial charge < -0.3 is 19.4 Å². The summed E-state index contributed by atoms with van der Waals surface area (Å²) in [6.45, 7) is 2.43. The fourth-order valence-electron chi connectivity index (χ4n) is 2.45. The van der Waals surface area contributed by atoms with Gasteiger partial charge in [0, 0.05) is 12.6 Å². The van der Waals surface area contributed by atoms with Gasteiger partial charge in [0.25, 0.3) is 6.01 Å². The maximum absolute atomic E-state index is 13.3. The predicted octanol–water partition coefficient (Wildman–Crippen LogP) is 3.44. The zero-order valence-electron chi connectivity index (χ0n) is 14.0. The number of likely N-dealkylation sites (N-methyl/N-ethyl adjacent to an activating group) is 1. The van der Waals surface area contributed by atoms with Gasteiger partial charge in [0.2, 0.25) is 5.91 Å². The van der Waals surface area contributed by atoms with Crippen molar-refractivity contribution in [3.8, 4) is 5.75 Å². The molecule has 1 amide bonds. The van der Waals surface area contributed by atoms with Crippen LogP contribution in [0.4, 0.5) is 16.1 Å². The Bertz CT molecular complexity index is 894. The third-order valence-corrected chi connectivity index (χ3v) is 3.71. The first-order chi connectivity index (χ1) is 12.1. The molecule has 130 valence electrons. The largest absolute Gasteiger partial charge is 0.495 e. The van der Waals surface area contributed by atoms with Crippen LogP contribution in [-0.2, 0) is 4.79 Å². The topological polar surface area (TPSA) is 67.6 Å². The Hall–Kier alpha value is -3.09. The molecule has 0 radical (unpaired) electrons. The van der Waals surface area contributed by atoms with Gasteiger partial charge in [-0.2, -0.15) is 4.98 Å². The average Bonchev–Trinajstić information content (AvgIpc) is 3.03. The Morgan fingerprint density at radius 3 is 2.88 bits per heavy atom. The fraction of sp³-hybridized carbons (Fsp3) is 0.222. The normalized spacial score (nSPS) is 10.7. The number of carbonyl (C=O) groups excluding carboxylic acids is 1. The molecule has 0 saturated heterocycles. The fourth-order valence-corrected chi connectivity index (χ4v) is 2.45. The number of hydrogen-bond acceptors (Lipinski definition) is 5. The molecule has 1 N–H and O–H groups in total. The van der Waals surface area contributed by atoms with Crippen molar-refractivity contribution in [2.45, 2.75) is 6.92 Å². The highest BCUT2D eigenvalue weighted by molar-refractivity contribution is 5.95. The van der Waals surface area contributed by atoms with Crippen LogP contribution in [0.15, 0.2) is 46.9 Å². The summed E-state index contributed by atoms with van der Waals surface area (Å²) in [7, 11) is 1.54. The number of hydrogen-bond donors (Lipinski definition) is 1. The van der Waals surface area contributed by atoms with Crippen LogP contribution < -0.4 is 15.0 Å². The Morgan fingerprint density at radius 1 is 1.32 bits per heavy atom. The van der Waals surface area contributed by atoms with Crippen molar-refractivity contribution in [1.82, 2.24) is 4.98 Å². The first kappa shape index (κ1) is 16.8. The number of halogens is 1. The van der Waals surface area contributed by atoms with E-state index in [9.17, 15) is 9.18 Å². The molecular formula is C18H18FN3O3. The van der Waals surface area contributed by atoms with Gasteiger partial charge in [-0.15, -0.1) is 0 Å². The average molecular weight is 343 g/mol. The van der Waals surface area contributed by atoms with Crippen LogP contribution in [0.25, 0.3) is 11.1 Å². The molecule has 2 aromatic carbocycles. The second-order valence-electron chi connectivity index (χ2n) is 5.37. The third-order valence-electron chi connectivity index (χ3n) is 3.71. The number of aromatic nitrogens is 1. The van der Waals surface area contributed by atoms with E-state index in [0.29, 0.717) is 29.1 Å². The summed E-state index contributed by atoms with van der Waals surface area (Å²) in [4.78, 5) is 18.3. The zero-order chi connectivity index (χ0) is 17.8. The van der Waals surface area contributed by atoms with Crippen LogP contribution in [0.5, 0.6) is 5.75 Å². The number of amides is 1. The predicted molar refractivity (Wildman–Crippen MR) is 93.5 cm³/mol. The molecule has 1 aromatic heterocycles. The maximum atomic E-state index is 13.3. The lowest BCUT2D eigenvalue weighted by atomic mass is 10.3. The summed E-state index contributed by atoms with van der Waals surface area (Å²) in [5.41, 5.74) is 1.48. The van der Waals surface area contributed by atoms with E-state index in [4.69, 9.17) is 9.15 Å². The van der Waals surface area contributed by atoms with Crippen LogP contribution in [-0.4, -0.2) is 31.1 Å². The van der Waals surface area contributed by atoms with Crippen LogP contribution >= 0.6 is 0 Å². The molecule has 0 bridgehead atoms. The van der Waals surface area contributed by atoms with Crippen molar-refractivity contribution in [1.29, 1.82) is 0 Å². The molecule has 3 aromatic rings. The zero-order valence-corrected chi connectivity index (χ0v) is 14.0. The van der Waals surface area contributed by atoms with E-state index in [1.807, 2.05) is 19.1 Å². The van der Waals surface area contributed by atoms with Gasteiger partial charge >= 0.3 is 0 Å². The SMILES string of the molecule is CCN(CC(=O)Nc1ccccc1OC)c1nc2cc(F)ccc2o1.